The Hall–Kier alpha value is -2.66. The molecule has 1 heterocycles. The van der Waals surface area contributed by atoms with Crippen LogP contribution in [0.25, 0.3) is 0 Å². The van der Waals surface area contributed by atoms with Crippen LogP contribution in [0.5, 0.6) is 0 Å². The maximum absolute atomic E-state index is 12.2. The van der Waals surface area contributed by atoms with Gasteiger partial charge < -0.3 is 5.32 Å². The van der Waals surface area contributed by atoms with Gasteiger partial charge in [-0.3, -0.25) is 19.3 Å². The highest BCUT2D eigenvalue weighted by molar-refractivity contribution is 6.33. The molecule has 3 amide bonds. The van der Waals surface area contributed by atoms with Crippen LogP contribution in [0.2, 0.25) is 5.02 Å². The van der Waals surface area contributed by atoms with Gasteiger partial charge in [0.25, 0.3) is 5.91 Å². The molecule has 6 heteroatoms. The molecule has 1 aliphatic heterocycles. The Bertz CT molecular complexity index is 771. The summed E-state index contributed by atoms with van der Waals surface area (Å²) in [6.45, 7) is 0. The molecule has 1 saturated heterocycles. The van der Waals surface area contributed by atoms with Gasteiger partial charge in [-0.15, -0.1) is 0 Å². The largest absolute Gasteiger partial charge is 0.321 e. The van der Waals surface area contributed by atoms with E-state index in [1.54, 1.807) is 48.5 Å². The van der Waals surface area contributed by atoms with Crippen molar-refractivity contribution in [2.75, 3.05) is 10.2 Å². The molecule has 2 aromatic carbocycles. The maximum Gasteiger partial charge on any atom is 0.255 e. The van der Waals surface area contributed by atoms with Gasteiger partial charge in [0, 0.05) is 18.4 Å². The topological polar surface area (TPSA) is 66.5 Å². The van der Waals surface area contributed by atoms with Crippen molar-refractivity contribution < 1.29 is 14.4 Å². The minimum atomic E-state index is -0.316. The molecule has 0 bridgehead atoms. The summed E-state index contributed by atoms with van der Waals surface area (Å²) in [7, 11) is 0. The molecule has 1 aliphatic rings. The highest BCUT2D eigenvalue weighted by Crippen LogP contribution is 2.24. The minimum Gasteiger partial charge on any atom is -0.321 e. The fourth-order valence-electron chi connectivity index (χ4n) is 2.38. The van der Waals surface area contributed by atoms with Gasteiger partial charge in [-0.1, -0.05) is 23.7 Å². The molecule has 2 aromatic rings. The Morgan fingerprint density at radius 1 is 0.957 bits per heavy atom. The van der Waals surface area contributed by atoms with Crippen LogP contribution in [0, 0.1) is 0 Å². The van der Waals surface area contributed by atoms with E-state index in [2.05, 4.69) is 5.32 Å². The van der Waals surface area contributed by atoms with Crippen LogP contribution in [0.4, 0.5) is 11.4 Å². The number of imide groups is 1. The second-order valence-corrected chi connectivity index (χ2v) is 5.51. The number of amides is 3. The molecule has 0 unspecified atom stereocenters. The maximum atomic E-state index is 12.2. The Kier molecular flexibility index (Phi) is 4.12. The number of benzene rings is 2. The summed E-state index contributed by atoms with van der Waals surface area (Å²) < 4.78 is 0. The van der Waals surface area contributed by atoms with Crippen molar-refractivity contribution in [1.82, 2.24) is 0 Å². The van der Waals surface area contributed by atoms with Crippen LogP contribution in [0.3, 0.4) is 0 Å². The smallest absolute Gasteiger partial charge is 0.255 e. The molecule has 3 rings (SSSR count). The first kappa shape index (κ1) is 15.2. The van der Waals surface area contributed by atoms with E-state index in [-0.39, 0.29) is 30.6 Å². The number of anilines is 2. The molecule has 1 fully saturated rings. The Balaban J connectivity index is 1.77. The van der Waals surface area contributed by atoms with Gasteiger partial charge in [-0.05, 0) is 36.4 Å². The lowest BCUT2D eigenvalue weighted by Gasteiger charge is -2.14. The van der Waals surface area contributed by atoms with E-state index in [0.717, 1.165) is 4.90 Å². The van der Waals surface area contributed by atoms with Crippen LogP contribution < -0.4 is 10.2 Å². The van der Waals surface area contributed by atoms with Crippen molar-refractivity contribution in [3.8, 4) is 0 Å². The minimum absolute atomic E-state index is 0.219. The van der Waals surface area contributed by atoms with E-state index < -0.39 is 0 Å². The number of nitrogens with zero attached hydrogens (tertiary/aromatic N) is 1. The van der Waals surface area contributed by atoms with Gasteiger partial charge in [0.15, 0.2) is 0 Å². The van der Waals surface area contributed by atoms with Crippen molar-refractivity contribution in [3.63, 3.8) is 0 Å². The number of hydrogen-bond acceptors (Lipinski definition) is 3. The molecule has 116 valence electrons. The summed E-state index contributed by atoms with van der Waals surface area (Å²) >= 11 is 6.00. The molecule has 0 saturated carbocycles. The van der Waals surface area contributed by atoms with Gasteiger partial charge in [0.1, 0.15) is 0 Å². The summed E-state index contributed by atoms with van der Waals surface area (Å²) in [5.74, 6) is -0.754. The fraction of sp³-hybridized carbons (Fsp3) is 0.118. The summed E-state index contributed by atoms with van der Waals surface area (Å²) in [5.41, 5.74) is 1.41. The van der Waals surface area contributed by atoms with Crippen molar-refractivity contribution in [2.24, 2.45) is 0 Å². The van der Waals surface area contributed by atoms with E-state index >= 15 is 0 Å². The van der Waals surface area contributed by atoms with Crippen LogP contribution >= 0.6 is 11.6 Å². The summed E-state index contributed by atoms with van der Waals surface area (Å²) in [6, 6.07) is 13.2. The van der Waals surface area contributed by atoms with Crippen molar-refractivity contribution >= 4 is 40.7 Å². The molecule has 0 atom stereocenters. The zero-order valence-corrected chi connectivity index (χ0v) is 12.8. The van der Waals surface area contributed by atoms with Gasteiger partial charge >= 0.3 is 0 Å². The predicted octanol–water partition coefficient (Wildman–Crippen LogP) is 3.25. The number of rotatable bonds is 3. The summed E-state index contributed by atoms with van der Waals surface area (Å²) in [4.78, 5) is 36.7. The first-order valence-corrected chi connectivity index (χ1v) is 7.46. The quantitative estimate of drug-likeness (QED) is 0.879. The third kappa shape index (κ3) is 3.10. The normalized spacial score (nSPS) is 14.2. The van der Waals surface area contributed by atoms with Crippen LogP contribution in [-0.4, -0.2) is 17.7 Å². The van der Waals surface area contributed by atoms with Crippen LogP contribution in [0.1, 0.15) is 23.2 Å². The fourth-order valence-corrected chi connectivity index (χ4v) is 2.57. The van der Waals surface area contributed by atoms with Crippen molar-refractivity contribution in [3.05, 3.63) is 59.1 Å². The highest BCUT2D eigenvalue weighted by Gasteiger charge is 2.30. The van der Waals surface area contributed by atoms with E-state index in [1.165, 1.54) is 0 Å². The van der Waals surface area contributed by atoms with E-state index in [9.17, 15) is 14.4 Å². The lowest BCUT2D eigenvalue weighted by atomic mass is 10.1. The third-order valence-corrected chi connectivity index (χ3v) is 3.89. The first-order valence-electron chi connectivity index (χ1n) is 7.08. The molecular formula is C17H13ClN2O3. The average Bonchev–Trinajstić information content (AvgIpc) is 2.88. The highest BCUT2D eigenvalue weighted by atomic mass is 35.5. The number of para-hydroxylation sites is 1. The van der Waals surface area contributed by atoms with Crippen LogP contribution in [-0.2, 0) is 9.59 Å². The Morgan fingerprint density at radius 3 is 2.17 bits per heavy atom. The third-order valence-electron chi connectivity index (χ3n) is 3.56. The van der Waals surface area contributed by atoms with Gasteiger partial charge in [0.05, 0.1) is 16.4 Å². The zero-order valence-electron chi connectivity index (χ0n) is 12.1. The first-order chi connectivity index (χ1) is 11.1. The Labute approximate surface area is 137 Å². The van der Waals surface area contributed by atoms with Crippen molar-refractivity contribution in [2.45, 2.75) is 12.8 Å². The molecule has 5 nitrogen and oxygen atoms in total. The van der Waals surface area contributed by atoms with Gasteiger partial charge in [0.2, 0.25) is 11.8 Å². The SMILES string of the molecule is O=C(Nc1ccccc1Cl)c1ccc(N2C(=O)CCC2=O)cc1. The molecule has 0 spiro atoms. The number of carbonyl (C=O) groups excluding carboxylic acids is 3. The van der Waals surface area contributed by atoms with E-state index in [4.69, 9.17) is 11.6 Å². The summed E-state index contributed by atoms with van der Waals surface area (Å²) in [5, 5.41) is 3.16. The lowest BCUT2D eigenvalue weighted by molar-refractivity contribution is -0.121. The van der Waals surface area contributed by atoms with Crippen LogP contribution in [0.15, 0.2) is 48.5 Å². The average molecular weight is 329 g/mol. The lowest BCUT2D eigenvalue weighted by Crippen LogP contribution is -2.28. The standard InChI is InChI=1S/C17H13ClN2O3/c18-13-3-1-2-4-14(13)19-17(23)11-5-7-12(8-6-11)20-15(21)9-10-16(20)22/h1-8H,9-10H2,(H,19,23). The summed E-state index contributed by atoms with van der Waals surface area (Å²) in [6.07, 6.45) is 0.459. The second kappa shape index (κ2) is 6.22. The molecule has 23 heavy (non-hydrogen) atoms. The number of carbonyl (C=O) groups is 3. The number of nitrogens with one attached hydrogen (secondary N) is 1. The number of hydrogen-bond donors (Lipinski definition) is 1. The molecular weight excluding hydrogens is 316 g/mol. The van der Waals surface area contributed by atoms with Gasteiger partial charge in [-0.25, -0.2) is 0 Å². The second-order valence-electron chi connectivity index (χ2n) is 5.10. The number of halogens is 1. The molecule has 0 aromatic heterocycles. The molecule has 1 N–H and O–H groups in total. The molecule has 0 aliphatic carbocycles. The molecule has 0 radical (unpaired) electrons. The van der Waals surface area contributed by atoms with E-state index in [1.807, 2.05) is 0 Å². The monoisotopic (exact) mass is 328 g/mol. The van der Waals surface area contributed by atoms with Crippen molar-refractivity contribution in [1.29, 1.82) is 0 Å². The predicted molar refractivity (Wildman–Crippen MR) is 87.6 cm³/mol. The Morgan fingerprint density at radius 2 is 1.57 bits per heavy atom. The van der Waals surface area contributed by atoms with E-state index in [0.29, 0.717) is 22.0 Å². The zero-order chi connectivity index (χ0) is 16.4. The van der Waals surface area contributed by atoms with Gasteiger partial charge in [-0.2, -0.15) is 0 Å².